The Labute approximate surface area is 298 Å². The SMILES string of the molecule is CCCCCCCCCCCCCCC(=O)OC[C@H](COC(=O)CCCCCCCCCCC(C)C)OC(=O)CCCCCCCCC. The lowest BCUT2D eigenvalue weighted by Crippen LogP contribution is -2.30. The van der Waals surface area contributed by atoms with Gasteiger partial charge in [-0.3, -0.25) is 14.4 Å². The highest BCUT2D eigenvalue weighted by atomic mass is 16.6. The van der Waals surface area contributed by atoms with Crippen molar-refractivity contribution in [1.82, 2.24) is 0 Å². The number of hydrogen-bond acceptors (Lipinski definition) is 6. The average Bonchev–Trinajstić information content (AvgIpc) is 3.06. The van der Waals surface area contributed by atoms with Crippen LogP contribution >= 0.6 is 0 Å². The fourth-order valence-electron chi connectivity index (χ4n) is 6.10. The van der Waals surface area contributed by atoms with Gasteiger partial charge in [-0.15, -0.1) is 0 Å². The highest BCUT2D eigenvalue weighted by Gasteiger charge is 2.19. The van der Waals surface area contributed by atoms with Gasteiger partial charge in [-0.1, -0.05) is 188 Å². The maximum Gasteiger partial charge on any atom is 0.306 e. The van der Waals surface area contributed by atoms with E-state index in [0.717, 1.165) is 63.7 Å². The van der Waals surface area contributed by atoms with E-state index in [1.54, 1.807) is 0 Å². The van der Waals surface area contributed by atoms with Gasteiger partial charge in [0, 0.05) is 19.3 Å². The summed E-state index contributed by atoms with van der Waals surface area (Å²) in [6.45, 7) is 8.90. The van der Waals surface area contributed by atoms with E-state index >= 15 is 0 Å². The highest BCUT2D eigenvalue weighted by molar-refractivity contribution is 5.71. The fraction of sp³-hybridized carbons (Fsp3) is 0.929. The molecule has 0 spiro atoms. The number of rotatable bonds is 37. The summed E-state index contributed by atoms with van der Waals surface area (Å²) in [5.74, 6) is -0.0714. The maximum absolute atomic E-state index is 12.6. The molecule has 0 fully saturated rings. The smallest absolute Gasteiger partial charge is 0.306 e. The lowest BCUT2D eigenvalue weighted by molar-refractivity contribution is -0.167. The van der Waals surface area contributed by atoms with Gasteiger partial charge in [0.05, 0.1) is 0 Å². The molecular weight excluding hydrogens is 600 g/mol. The first kappa shape index (κ1) is 46.4. The van der Waals surface area contributed by atoms with Crippen LogP contribution in [-0.2, 0) is 28.6 Å². The predicted octanol–water partition coefficient (Wildman–Crippen LogP) is 12.8. The molecule has 6 heteroatoms. The van der Waals surface area contributed by atoms with Crippen LogP contribution in [0.15, 0.2) is 0 Å². The van der Waals surface area contributed by atoms with Crippen molar-refractivity contribution in [1.29, 1.82) is 0 Å². The minimum atomic E-state index is -0.757. The van der Waals surface area contributed by atoms with Gasteiger partial charge in [0.15, 0.2) is 6.10 Å². The van der Waals surface area contributed by atoms with Crippen LogP contribution in [0, 0.1) is 5.92 Å². The molecule has 0 saturated carbocycles. The molecule has 0 radical (unpaired) electrons. The number of carbonyl (C=O) groups excluding carboxylic acids is 3. The summed E-state index contributed by atoms with van der Waals surface area (Å²) < 4.78 is 16.6. The molecule has 0 bridgehead atoms. The summed E-state index contributed by atoms with van der Waals surface area (Å²) >= 11 is 0. The van der Waals surface area contributed by atoms with Gasteiger partial charge in [0.2, 0.25) is 0 Å². The van der Waals surface area contributed by atoms with Crippen molar-refractivity contribution >= 4 is 17.9 Å². The molecule has 6 nitrogen and oxygen atoms in total. The monoisotopic (exact) mass is 681 g/mol. The normalized spacial score (nSPS) is 11.9. The third kappa shape index (κ3) is 35.7. The second-order valence-corrected chi connectivity index (χ2v) is 14.7. The fourth-order valence-corrected chi connectivity index (χ4v) is 6.10. The zero-order valence-electron chi connectivity index (χ0n) is 32.4. The molecule has 0 saturated heterocycles. The zero-order chi connectivity index (χ0) is 35.3. The predicted molar refractivity (Wildman–Crippen MR) is 201 cm³/mol. The van der Waals surface area contributed by atoms with Gasteiger partial charge in [0.25, 0.3) is 0 Å². The molecule has 0 heterocycles. The molecule has 0 unspecified atom stereocenters. The molecule has 48 heavy (non-hydrogen) atoms. The first-order valence-electron chi connectivity index (χ1n) is 20.9. The van der Waals surface area contributed by atoms with E-state index in [0.29, 0.717) is 19.3 Å². The Kier molecular flexibility index (Phi) is 35.5. The first-order chi connectivity index (χ1) is 23.4. The van der Waals surface area contributed by atoms with Crippen LogP contribution in [0.3, 0.4) is 0 Å². The van der Waals surface area contributed by atoms with Gasteiger partial charge in [-0.25, -0.2) is 0 Å². The van der Waals surface area contributed by atoms with Crippen molar-refractivity contribution < 1.29 is 28.6 Å². The second kappa shape index (κ2) is 36.7. The number of unbranched alkanes of at least 4 members (excludes halogenated alkanes) is 24. The van der Waals surface area contributed by atoms with Gasteiger partial charge < -0.3 is 14.2 Å². The lowest BCUT2D eigenvalue weighted by Gasteiger charge is -2.18. The summed E-state index contributed by atoms with van der Waals surface area (Å²) in [4.78, 5) is 37.4. The highest BCUT2D eigenvalue weighted by Crippen LogP contribution is 2.15. The standard InChI is InChI=1S/C42H80O6/c1-5-7-9-11-13-14-15-16-17-22-25-29-33-40(43)46-36-39(48-42(45)35-31-27-20-12-10-8-6-2)37-47-41(44)34-30-26-23-19-18-21-24-28-32-38(3)4/h38-39H,5-37H2,1-4H3/t39-/m1/s1. The molecule has 0 amide bonds. The molecule has 284 valence electrons. The first-order valence-corrected chi connectivity index (χ1v) is 20.9. The minimum Gasteiger partial charge on any atom is -0.462 e. The molecule has 0 aromatic carbocycles. The van der Waals surface area contributed by atoms with Crippen molar-refractivity contribution in [3.05, 3.63) is 0 Å². The van der Waals surface area contributed by atoms with Crippen LogP contribution in [-0.4, -0.2) is 37.2 Å². The van der Waals surface area contributed by atoms with Crippen molar-refractivity contribution in [2.45, 2.75) is 233 Å². The summed E-state index contributed by atoms with van der Waals surface area (Å²) in [7, 11) is 0. The molecular formula is C42H80O6. The lowest BCUT2D eigenvalue weighted by atomic mass is 10.0. The van der Waals surface area contributed by atoms with Crippen LogP contribution < -0.4 is 0 Å². The summed E-state index contributed by atoms with van der Waals surface area (Å²) in [5, 5.41) is 0. The Hall–Kier alpha value is -1.59. The van der Waals surface area contributed by atoms with E-state index < -0.39 is 6.10 Å². The molecule has 0 aliphatic rings. The zero-order valence-corrected chi connectivity index (χ0v) is 32.4. The second-order valence-electron chi connectivity index (χ2n) is 14.7. The summed E-state index contributed by atoms with van der Waals surface area (Å²) in [6.07, 6.45) is 33.8. The third-order valence-electron chi connectivity index (χ3n) is 9.29. The van der Waals surface area contributed by atoms with Crippen molar-refractivity contribution in [3.8, 4) is 0 Å². The minimum absolute atomic E-state index is 0.0652. The van der Waals surface area contributed by atoms with Crippen LogP contribution in [0.25, 0.3) is 0 Å². The van der Waals surface area contributed by atoms with Crippen LogP contribution in [0.2, 0.25) is 0 Å². The molecule has 0 aromatic rings. The van der Waals surface area contributed by atoms with Gasteiger partial charge >= 0.3 is 17.9 Å². The van der Waals surface area contributed by atoms with E-state index in [4.69, 9.17) is 14.2 Å². The Morgan fingerprint density at radius 2 is 0.688 bits per heavy atom. The molecule has 0 N–H and O–H groups in total. The average molecular weight is 681 g/mol. The van der Waals surface area contributed by atoms with Crippen molar-refractivity contribution in [2.75, 3.05) is 13.2 Å². The molecule has 0 rings (SSSR count). The van der Waals surface area contributed by atoms with E-state index in [1.165, 1.54) is 122 Å². The van der Waals surface area contributed by atoms with Crippen molar-refractivity contribution in [2.24, 2.45) is 5.92 Å². The largest absolute Gasteiger partial charge is 0.462 e. The van der Waals surface area contributed by atoms with Gasteiger partial charge in [0.1, 0.15) is 13.2 Å². The number of esters is 3. The summed E-state index contributed by atoms with van der Waals surface area (Å²) in [6, 6.07) is 0. The topological polar surface area (TPSA) is 78.9 Å². The molecule has 1 atom stereocenters. The number of carbonyl (C=O) groups is 3. The number of hydrogen-bond donors (Lipinski definition) is 0. The Morgan fingerprint density at radius 3 is 1.02 bits per heavy atom. The van der Waals surface area contributed by atoms with Gasteiger partial charge in [-0.05, 0) is 25.2 Å². The number of ether oxygens (including phenoxy) is 3. The van der Waals surface area contributed by atoms with E-state index in [2.05, 4.69) is 27.7 Å². The van der Waals surface area contributed by atoms with Crippen LogP contribution in [0.1, 0.15) is 227 Å². The van der Waals surface area contributed by atoms with Crippen LogP contribution in [0.5, 0.6) is 0 Å². The van der Waals surface area contributed by atoms with Crippen LogP contribution in [0.4, 0.5) is 0 Å². The van der Waals surface area contributed by atoms with E-state index in [9.17, 15) is 14.4 Å². The summed E-state index contributed by atoms with van der Waals surface area (Å²) in [5.41, 5.74) is 0. The van der Waals surface area contributed by atoms with E-state index in [1.807, 2.05) is 0 Å². The Balaban J connectivity index is 4.28. The quantitative estimate of drug-likeness (QED) is 0.0369. The van der Waals surface area contributed by atoms with Crippen molar-refractivity contribution in [3.63, 3.8) is 0 Å². The molecule has 0 aliphatic heterocycles. The van der Waals surface area contributed by atoms with E-state index in [-0.39, 0.29) is 31.1 Å². The molecule has 0 aromatic heterocycles. The Bertz CT molecular complexity index is 721. The van der Waals surface area contributed by atoms with Gasteiger partial charge in [-0.2, -0.15) is 0 Å². The molecule has 0 aliphatic carbocycles. The third-order valence-corrected chi connectivity index (χ3v) is 9.29. The Morgan fingerprint density at radius 1 is 0.396 bits per heavy atom. The maximum atomic E-state index is 12.6.